The van der Waals surface area contributed by atoms with E-state index in [0.717, 1.165) is 30.3 Å². The zero-order chi connectivity index (χ0) is 32.2. The van der Waals surface area contributed by atoms with Crippen molar-refractivity contribution in [2.45, 2.75) is 50.5 Å². The van der Waals surface area contributed by atoms with Crippen molar-refractivity contribution in [3.63, 3.8) is 0 Å². The van der Waals surface area contributed by atoms with Crippen molar-refractivity contribution in [2.24, 2.45) is 17.8 Å². The molecule has 47 heavy (non-hydrogen) atoms. The van der Waals surface area contributed by atoms with Crippen LogP contribution in [0.4, 0.5) is 16.6 Å². The topological polar surface area (TPSA) is 165 Å². The molecule has 0 unspecified atom stereocenters. The molecule has 11 nitrogen and oxygen atoms in total. The molecule has 4 fully saturated rings. The molecule has 4 saturated carbocycles. The third-order valence-corrected chi connectivity index (χ3v) is 9.88. The molecule has 12 heteroatoms. The van der Waals surface area contributed by atoms with E-state index in [4.69, 9.17) is 25.7 Å². The van der Waals surface area contributed by atoms with Crippen LogP contribution in [0.15, 0.2) is 47.5 Å². The molecule has 2 aromatic heterocycles. The number of fused-ring (bicyclic) bond motifs is 1. The normalized spacial score (nSPS) is 22.2. The van der Waals surface area contributed by atoms with Gasteiger partial charge in [-0.15, -0.1) is 12.4 Å². The molecule has 0 radical (unpaired) electrons. The number of anilines is 2. The Morgan fingerprint density at radius 1 is 1.02 bits per heavy atom. The van der Waals surface area contributed by atoms with Gasteiger partial charge in [0.2, 0.25) is 11.4 Å². The molecule has 0 atom stereocenters. The van der Waals surface area contributed by atoms with Gasteiger partial charge >= 0.3 is 6.16 Å². The summed E-state index contributed by atoms with van der Waals surface area (Å²) in [4.78, 5) is 33.1. The third-order valence-electron chi connectivity index (χ3n) is 9.88. The Kier molecular flexibility index (Phi) is 8.40. The lowest BCUT2D eigenvalue weighted by Gasteiger charge is -2.57. The first-order valence-corrected chi connectivity index (χ1v) is 15.4. The van der Waals surface area contributed by atoms with Gasteiger partial charge in [0.15, 0.2) is 17.2 Å². The maximum Gasteiger partial charge on any atom is 0.511 e. The molecule has 0 amide bonds. The second-order valence-electron chi connectivity index (χ2n) is 12.9. The molecule has 244 valence electrons. The Bertz CT molecular complexity index is 1980. The second-order valence-corrected chi connectivity index (χ2v) is 12.9. The minimum absolute atomic E-state index is 0. The molecule has 2 heterocycles. The zero-order valence-electron chi connectivity index (χ0n) is 26.1. The van der Waals surface area contributed by atoms with Gasteiger partial charge in [-0.3, -0.25) is 4.79 Å². The van der Waals surface area contributed by atoms with E-state index in [1.165, 1.54) is 19.3 Å². The summed E-state index contributed by atoms with van der Waals surface area (Å²) in [6.07, 6.45) is 8.90. The van der Waals surface area contributed by atoms with Gasteiger partial charge in [0.05, 0.1) is 31.5 Å². The van der Waals surface area contributed by atoms with Crippen LogP contribution < -0.4 is 31.1 Å². The first-order chi connectivity index (χ1) is 22.1. The number of nitrogens with two attached hydrogens (primary N) is 2. The van der Waals surface area contributed by atoms with Crippen LogP contribution in [0.25, 0.3) is 10.9 Å². The number of methoxy groups -OCH3 is 2. The SMILES string of the molecule is COc1cc(Cc2cnc(N)nc2N)cc(C#Cc2ccc3c(=O)c(OC(=O)O)cn(C45CC6CC(CC(C6)C4)C5)c3c2)c1OC.Cl. The number of pyridine rings is 1. The zero-order valence-corrected chi connectivity index (χ0v) is 26.9. The van der Waals surface area contributed by atoms with E-state index in [9.17, 15) is 14.7 Å². The van der Waals surface area contributed by atoms with Gasteiger partial charge in [0, 0.05) is 34.7 Å². The Hall–Kier alpha value is -4.95. The number of rotatable bonds is 6. The fourth-order valence-corrected chi connectivity index (χ4v) is 8.44. The molecule has 4 aliphatic carbocycles. The fourth-order valence-electron chi connectivity index (χ4n) is 8.44. The van der Waals surface area contributed by atoms with Crippen molar-refractivity contribution in [3.05, 3.63) is 75.2 Å². The minimum atomic E-state index is -1.51. The predicted molar refractivity (Wildman–Crippen MR) is 179 cm³/mol. The van der Waals surface area contributed by atoms with Crippen LogP contribution in [0.1, 0.15) is 60.8 Å². The van der Waals surface area contributed by atoms with Crippen molar-refractivity contribution in [1.29, 1.82) is 0 Å². The van der Waals surface area contributed by atoms with Gasteiger partial charge in [0.25, 0.3) is 0 Å². The van der Waals surface area contributed by atoms with Crippen molar-refractivity contribution in [1.82, 2.24) is 14.5 Å². The van der Waals surface area contributed by atoms with E-state index >= 15 is 0 Å². The van der Waals surface area contributed by atoms with E-state index < -0.39 is 11.6 Å². The quantitative estimate of drug-likeness (QED) is 0.181. The molecule has 8 rings (SSSR count). The number of hydrogen-bond acceptors (Lipinski definition) is 9. The number of nitrogens with zero attached hydrogens (tertiary/aromatic N) is 3. The van der Waals surface area contributed by atoms with Crippen LogP contribution in [0.2, 0.25) is 0 Å². The van der Waals surface area contributed by atoms with Crippen molar-refractivity contribution < 1.29 is 24.1 Å². The summed E-state index contributed by atoms with van der Waals surface area (Å²) in [5, 5.41) is 9.80. The number of carboxylic acid groups (broad SMARTS) is 1. The highest BCUT2D eigenvalue weighted by Gasteiger charge is 2.52. The van der Waals surface area contributed by atoms with Gasteiger partial charge < -0.3 is 35.4 Å². The third kappa shape index (κ3) is 5.89. The Morgan fingerprint density at radius 2 is 1.72 bits per heavy atom. The number of ether oxygens (including phenoxy) is 3. The van der Waals surface area contributed by atoms with Gasteiger partial charge in [-0.2, -0.15) is 4.98 Å². The van der Waals surface area contributed by atoms with Gasteiger partial charge in [-0.1, -0.05) is 11.8 Å². The maximum absolute atomic E-state index is 13.4. The molecule has 0 saturated heterocycles. The Balaban J connectivity index is 0.00000386. The van der Waals surface area contributed by atoms with Crippen LogP contribution in [-0.4, -0.2) is 40.0 Å². The summed E-state index contributed by atoms with van der Waals surface area (Å²) < 4.78 is 18.5. The number of benzene rings is 2. The second kappa shape index (κ2) is 12.3. The smallest absolute Gasteiger partial charge is 0.493 e. The van der Waals surface area contributed by atoms with E-state index in [0.29, 0.717) is 63.6 Å². The number of halogens is 1. The number of carbonyl (C=O) groups is 1. The van der Waals surface area contributed by atoms with Crippen LogP contribution in [0, 0.1) is 29.6 Å². The van der Waals surface area contributed by atoms with Crippen molar-refractivity contribution in [2.75, 3.05) is 25.7 Å². The van der Waals surface area contributed by atoms with Crippen LogP contribution in [-0.2, 0) is 12.0 Å². The van der Waals surface area contributed by atoms with Gasteiger partial charge in [-0.25, -0.2) is 9.78 Å². The first-order valence-electron chi connectivity index (χ1n) is 15.4. The largest absolute Gasteiger partial charge is 0.511 e. The van der Waals surface area contributed by atoms with Crippen molar-refractivity contribution in [3.8, 4) is 29.1 Å². The molecule has 0 spiro atoms. The summed E-state index contributed by atoms with van der Waals surface area (Å²) in [6.45, 7) is 0. The van der Waals surface area contributed by atoms with Crippen LogP contribution in [0.5, 0.6) is 17.2 Å². The average Bonchev–Trinajstić information content (AvgIpc) is 3.01. The van der Waals surface area contributed by atoms with Crippen LogP contribution >= 0.6 is 12.4 Å². The molecule has 0 aliphatic heterocycles. The molecular formula is C35H36ClN5O6. The molecule has 4 aliphatic rings. The summed E-state index contributed by atoms with van der Waals surface area (Å²) >= 11 is 0. The Labute approximate surface area is 277 Å². The van der Waals surface area contributed by atoms with Gasteiger partial charge in [0.1, 0.15) is 5.82 Å². The minimum Gasteiger partial charge on any atom is -0.493 e. The summed E-state index contributed by atoms with van der Waals surface area (Å²) in [7, 11) is 3.13. The highest BCUT2D eigenvalue weighted by molar-refractivity contribution is 5.85. The average molecular weight is 658 g/mol. The molecule has 4 bridgehead atoms. The first kappa shape index (κ1) is 32.0. The standard InChI is InChI=1S/C35H35N5O6.ClH/c1-44-28-13-20(11-25-17-38-33(37)39-32(25)36)10-24(31(28)45-2)5-3-19-4-6-26-27(12-19)40(18-29(30(26)41)46-34(42)43)35-14-21-7-22(15-35)9-23(8-21)16-35;/h4,6,10,12-13,17-18,21-23H,7-9,11,14-16H2,1-2H3,(H,42,43)(H4,36,37,38,39);1H. The maximum atomic E-state index is 13.4. The summed E-state index contributed by atoms with van der Waals surface area (Å²) in [5.41, 5.74) is 14.7. The van der Waals surface area contributed by atoms with Gasteiger partial charge in [-0.05, 0) is 92.2 Å². The molecule has 2 aromatic carbocycles. The molecule has 5 N–H and O–H groups in total. The molecule has 4 aromatic rings. The molecular weight excluding hydrogens is 622 g/mol. The lowest BCUT2D eigenvalue weighted by atomic mass is 9.53. The number of nitrogen functional groups attached to an aromatic ring is 2. The summed E-state index contributed by atoms with van der Waals surface area (Å²) in [6, 6.07) is 9.17. The number of aromatic nitrogens is 3. The van der Waals surface area contributed by atoms with E-state index in [-0.39, 0.29) is 29.6 Å². The van der Waals surface area contributed by atoms with E-state index in [1.807, 2.05) is 18.2 Å². The highest BCUT2D eigenvalue weighted by Crippen LogP contribution is 2.59. The van der Waals surface area contributed by atoms with E-state index in [2.05, 4.69) is 26.4 Å². The lowest BCUT2D eigenvalue weighted by molar-refractivity contribution is -0.0413. The monoisotopic (exact) mass is 657 g/mol. The van der Waals surface area contributed by atoms with Crippen molar-refractivity contribution >= 4 is 41.2 Å². The Morgan fingerprint density at radius 3 is 2.34 bits per heavy atom. The summed E-state index contributed by atoms with van der Waals surface area (Å²) in [5.74, 6) is 9.66. The number of hydrogen-bond donors (Lipinski definition) is 3. The fraction of sp³-hybridized carbons (Fsp3) is 0.371. The predicted octanol–water partition coefficient (Wildman–Crippen LogP) is 5.37. The highest BCUT2D eigenvalue weighted by atomic mass is 35.5. The van der Waals surface area contributed by atoms with Crippen LogP contribution in [0.3, 0.4) is 0 Å². The van der Waals surface area contributed by atoms with E-state index in [1.54, 1.807) is 38.7 Å². The lowest BCUT2D eigenvalue weighted by Crippen LogP contribution is -2.52.